The van der Waals surface area contributed by atoms with Crippen molar-refractivity contribution in [3.63, 3.8) is 0 Å². The Labute approximate surface area is 185 Å². The lowest BCUT2D eigenvalue weighted by molar-refractivity contribution is -0.116. The maximum atomic E-state index is 12.7. The zero-order valence-corrected chi connectivity index (χ0v) is 19.5. The van der Waals surface area contributed by atoms with Crippen LogP contribution in [0.15, 0.2) is 18.5 Å². The van der Waals surface area contributed by atoms with Gasteiger partial charge < -0.3 is 10.6 Å². The highest BCUT2D eigenvalue weighted by Crippen LogP contribution is 2.45. The number of rotatable bonds is 8. The van der Waals surface area contributed by atoms with Gasteiger partial charge in [-0.05, 0) is 37.9 Å². The Morgan fingerprint density at radius 2 is 2.20 bits per heavy atom. The number of likely N-dealkylation sites (N-methyl/N-ethyl adjacent to an activating group) is 1. The largest absolute Gasteiger partial charge is 0.317 e. The van der Waals surface area contributed by atoms with E-state index in [1.165, 1.54) is 10.4 Å². The van der Waals surface area contributed by atoms with Crippen molar-refractivity contribution >= 4 is 43.8 Å². The number of amides is 1. The fourth-order valence-corrected chi connectivity index (χ4v) is 6.08. The van der Waals surface area contributed by atoms with Gasteiger partial charge in [-0.2, -0.15) is 0 Å². The number of hydrogen-bond donors (Lipinski definition) is 2. The number of pyridine rings is 1. The van der Waals surface area contributed by atoms with E-state index in [0.29, 0.717) is 19.0 Å². The van der Waals surface area contributed by atoms with Gasteiger partial charge in [0, 0.05) is 48.7 Å². The zero-order valence-electron chi connectivity index (χ0n) is 17.8. The molecule has 0 aromatic carbocycles. The molecule has 160 valence electrons. The molecule has 0 aliphatic carbocycles. The average molecular weight is 444 g/mol. The number of carbonyl (C=O) groups excluding carboxylic acids is 1. The van der Waals surface area contributed by atoms with Crippen LogP contribution in [0.4, 0.5) is 5.00 Å². The predicted molar refractivity (Wildman–Crippen MR) is 126 cm³/mol. The van der Waals surface area contributed by atoms with Crippen molar-refractivity contribution in [1.29, 1.82) is 0 Å². The summed E-state index contributed by atoms with van der Waals surface area (Å²) in [4.78, 5) is 25.5. The molecule has 1 aliphatic rings. The number of hydrogen-bond acceptors (Lipinski definition) is 7. The van der Waals surface area contributed by atoms with E-state index in [9.17, 15) is 4.79 Å². The van der Waals surface area contributed by atoms with Crippen molar-refractivity contribution in [3.8, 4) is 10.6 Å². The molecule has 0 saturated heterocycles. The van der Waals surface area contributed by atoms with Crippen molar-refractivity contribution in [2.45, 2.75) is 52.6 Å². The van der Waals surface area contributed by atoms with E-state index in [1.807, 2.05) is 12.3 Å². The monoisotopic (exact) mass is 443 g/mol. The van der Waals surface area contributed by atoms with Gasteiger partial charge in [0.25, 0.3) is 0 Å². The summed E-state index contributed by atoms with van der Waals surface area (Å²) in [5.74, 6) is 0.0563. The Balaban J connectivity index is 1.62. The van der Waals surface area contributed by atoms with Gasteiger partial charge >= 0.3 is 0 Å². The highest BCUT2D eigenvalue weighted by Gasteiger charge is 2.27. The number of aromatic nitrogens is 2. The molecule has 4 heterocycles. The summed E-state index contributed by atoms with van der Waals surface area (Å²) in [5.41, 5.74) is 3.39. The lowest BCUT2D eigenvalue weighted by Gasteiger charge is -2.25. The van der Waals surface area contributed by atoms with Crippen LogP contribution in [-0.2, 0) is 17.8 Å². The molecule has 1 amide bonds. The number of anilines is 1. The minimum atomic E-state index is 0.0563. The minimum absolute atomic E-state index is 0.0563. The summed E-state index contributed by atoms with van der Waals surface area (Å²) in [6.45, 7) is 10.2. The van der Waals surface area contributed by atoms with Crippen LogP contribution in [0.1, 0.15) is 44.1 Å². The van der Waals surface area contributed by atoms with Crippen LogP contribution in [0.25, 0.3) is 20.8 Å². The molecule has 30 heavy (non-hydrogen) atoms. The van der Waals surface area contributed by atoms with Gasteiger partial charge in [-0.25, -0.2) is 4.98 Å². The van der Waals surface area contributed by atoms with E-state index in [0.717, 1.165) is 58.3 Å². The number of thiazole rings is 1. The van der Waals surface area contributed by atoms with E-state index >= 15 is 0 Å². The van der Waals surface area contributed by atoms with Gasteiger partial charge in [-0.1, -0.05) is 13.8 Å². The minimum Gasteiger partial charge on any atom is -0.317 e. The average Bonchev–Trinajstić information content (AvgIpc) is 3.33. The van der Waals surface area contributed by atoms with Crippen LogP contribution in [0.5, 0.6) is 0 Å². The first-order chi connectivity index (χ1) is 14.6. The molecule has 1 unspecified atom stereocenters. The molecule has 0 bridgehead atoms. The first-order valence-corrected chi connectivity index (χ1v) is 12.3. The molecule has 1 aliphatic heterocycles. The third-order valence-electron chi connectivity index (χ3n) is 5.70. The van der Waals surface area contributed by atoms with Crippen molar-refractivity contribution < 1.29 is 4.79 Å². The second-order valence-electron chi connectivity index (χ2n) is 7.75. The fourth-order valence-electron chi connectivity index (χ4n) is 3.69. The molecule has 1 atom stereocenters. The molecule has 6 nitrogen and oxygen atoms in total. The van der Waals surface area contributed by atoms with Crippen LogP contribution in [0.2, 0.25) is 0 Å². The quantitative estimate of drug-likeness (QED) is 0.536. The standard InChI is InChI=1S/C22H29N5OS2/c1-4-14(3)24-10-7-19(28)26-22-20(15-8-11-27(5-2)13-18(15)30-22)21-25-16-12-23-9-6-17(16)29-21/h6,9,12,14,24H,4-5,7-8,10-11,13H2,1-3H3,(H,26,28). The number of nitrogens with one attached hydrogen (secondary N) is 2. The summed E-state index contributed by atoms with van der Waals surface area (Å²) >= 11 is 3.39. The smallest absolute Gasteiger partial charge is 0.226 e. The maximum absolute atomic E-state index is 12.7. The van der Waals surface area contributed by atoms with Gasteiger partial charge in [0.15, 0.2) is 0 Å². The van der Waals surface area contributed by atoms with E-state index in [-0.39, 0.29) is 5.91 Å². The summed E-state index contributed by atoms with van der Waals surface area (Å²) < 4.78 is 1.13. The Morgan fingerprint density at radius 3 is 2.97 bits per heavy atom. The van der Waals surface area contributed by atoms with Gasteiger partial charge in [-0.15, -0.1) is 22.7 Å². The Kier molecular flexibility index (Phi) is 6.77. The molecule has 3 aromatic heterocycles. The van der Waals surface area contributed by atoms with Crippen LogP contribution in [0, 0.1) is 0 Å². The summed E-state index contributed by atoms with van der Waals surface area (Å²) in [6.07, 6.45) is 6.14. The highest BCUT2D eigenvalue weighted by molar-refractivity contribution is 7.22. The van der Waals surface area contributed by atoms with Crippen LogP contribution < -0.4 is 10.6 Å². The number of thiophene rings is 1. The van der Waals surface area contributed by atoms with E-state index in [4.69, 9.17) is 4.98 Å². The highest BCUT2D eigenvalue weighted by atomic mass is 32.1. The third-order valence-corrected chi connectivity index (χ3v) is 7.88. The molecular formula is C22H29N5OS2. The third kappa shape index (κ3) is 4.56. The molecule has 4 rings (SSSR count). The Bertz CT molecular complexity index is 995. The molecule has 0 fully saturated rings. The summed E-state index contributed by atoms with van der Waals surface area (Å²) in [5, 5.41) is 8.52. The van der Waals surface area contributed by atoms with Crippen molar-refractivity contribution in [3.05, 3.63) is 28.9 Å². The molecule has 0 spiro atoms. The summed E-state index contributed by atoms with van der Waals surface area (Å²) in [7, 11) is 0. The van der Waals surface area contributed by atoms with Gasteiger partial charge in [-0.3, -0.25) is 14.7 Å². The predicted octanol–water partition coefficient (Wildman–Crippen LogP) is 4.51. The molecule has 0 radical (unpaired) electrons. The second kappa shape index (κ2) is 9.51. The van der Waals surface area contributed by atoms with E-state index in [2.05, 4.69) is 41.3 Å². The molecule has 0 saturated carbocycles. The van der Waals surface area contributed by atoms with Crippen LogP contribution in [0.3, 0.4) is 0 Å². The fraction of sp³-hybridized carbons (Fsp3) is 0.500. The SMILES string of the molecule is CCC(C)NCCC(=O)Nc1sc2c(c1-c1nc3cnccc3s1)CCN(CC)C2. The number of nitrogens with zero attached hydrogens (tertiary/aromatic N) is 3. The Morgan fingerprint density at radius 1 is 1.33 bits per heavy atom. The first kappa shape index (κ1) is 21.4. The lowest BCUT2D eigenvalue weighted by Crippen LogP contribution is -2.29. The number of carbonyl (C=O) groups is 1. The van der Waals surface area contributed by atoms with Gasteiger partial charge in [0.1, 0.15) is 15.5 Å². The Hall–Kier alpha value is -1.87. The molecule has 3 aromatic rings. The second-order valence-corrected chi connectivity index (χ2v) is 9.89. The van der Waals surface area contributed by atoms with Gasteiger partial charge in [0.2, 0.25) is 5.91 Å². The first-order valence-electron chi connectivity index (χ1n) is 10.7. The molecule has 8 heteroatoms. The zero-order chi connectivity index (χ0) is 21.1. The van der Waals surface area contributed by atoms with Crippen molar-refractivity contribution in [1.82, 2.24) is 20.2 Å². The van der Waals surface area contributed by atoms with E-state index < -0.39 is 0 Å². The lowest BCUT2D eigenvalue weighted by atomic mass is 10.0. The van der Waals surface area contributed by atoms with Gasteiger partial charge in [0.05, 0.1) is 10.9 Å². The molecule has 2 N–H and O–H groups in total. The van der Waals surface area contributed by atoms with Crippen molar-refractivity contribution in [2.75, 3.05) is 25.0 Å². The number of fused-ring (bicyclic) bond motifs is 2. The van der Waals surface area contributed by atoms with Crippen molar-refractivity contribution in [2.24, 2.45) is 0 Å². The maximum Gasteiger partial charge on any atom is 0.226 e. The summed E-state index contributed by atoms with van der Waals surface area (Å²) in [6, 6.07) is 2.44. The van der Waals surface area contributed by atoms with E-state index in [1.54, 1.807) is 28.9 Å². The molecular weight excluding hydrogens is 414 g/mol. The normalized spacial score (nSPS) is 15.3. The van der Waals surface area contributed by atoms with Crippen LogP contribution >= 0.6 is 22.7 Å². The topological polar surface area (TPSA) is 70.1 Å². The van der Waals surface area contributed by atoms with Crippen LogP contribution in [-0.4, -0.2) is 46.5 Å².